The maximum Gasteiger partial charge on any atom is 0.0540 e. The van der Waals surface area contributed by atoms with Gasteiger partial charge in [0.25, 0.3) is 0 Å². The van der Waals surface area contributed by atoms with Gasteiger partial charge in [0.15, 0.2) is 0 Å². The van der Waals surface area contributed by atoms with Crippen molar-refractivity contribution in [2.75, 3.05) is 4.90 Å². The zero-order valence-electron chi connectivity index (χ0n) is 39.9. The lowest BCUT2D eigenvalue weighted by Gasteiger charge is -2.30. The van der Waals surface area contributed by atoms with Crippen LogP contribution in [-0.4, -0.2) is 0 Å². The average Bonchev–Trinajstić information content (AvgIpc) is 3.91. The summed E-state index contributed by atoms with van der Waals surface area (Å²) in [5.74, 6) is 0. The molecule has 10 aromatic carbocycles. The van der Waals surface area contributed by atoms with E-state index < -0.39 is 0 Å². The van der Waals surface area contributed by atoms with E-state index in [0.29, 0.717) is 0 Å². The molecule has 330 valence electrons. The standard InChI is InChI=1S/C68H53N/c1-66(2)59-32-14-11-27-56(59)64-54(29-19-34-62(64)66)53-26-12-16-35-63(53)69(49-23-17-20-46(42-49)50-28-18-30-55-51-24-9-13-31-58(51)67(3,4)65(50)55)48-39-36-44(37-40-48)45-38-41-61-57(43-45)52-25-10-15-33-60(52)68(61,5)47-21-7-6-8-22-47/h6-43H,1-5H3. The Morgan fingerprint density at radius 2 is 0.826 bits per heavy atom. The highest BCUT2D eigenvalue weighted by Crippen LogP contribution is 2.56. The van der Waals surface area contributed by atoms with Gasteiger partial charge in [0.1, 0.15) is 0 Å². The minimum atomic E-state index is -0.228. The van der Waals surface area contributed by atoms with Crippen LogP contribution in [-0.2, 0) is 16.2 Å². The Hall–Kier alpha value is -8.00. The number of para-hydroxylation sites is 1. The van der Waals surface area contributed by atoms with Crippen molar-refractivity contribution in [3.8, 4) is 66.8 Å². The second kappa shape index (κ2) is 15.3. The normalized spacial score (nSPS) is 16.2. The predicted octanol–water partition coefficient (Wildman–Crippen LogP) is 18.1. The monoisotopic (exact) mass is 883 g/mol. The number of fused-ring (bicyclic) bond motifs is 9. The molecule has 1 atom stereocenters. The number of anilines is 3. The van der Waals surface area contributed by atoms with Crippen molar-refractivity contribution in [2.24, 2.45) is 0 Å². The molecule has 10 aromatic rings. The molecule has 0 fully saturated rings. The van der Waals surface area contributed by atoms with E-state index in [1.165, 1.54) is 106 Å². The molecule has 0 bridgehead atoms. The summed E-state index contributed by atoms with van der Waals surface area (Å²) in [6.07, 6.45) is 0. The third-order valence-corrected chi connectivity index (χ3v) is 16.2. The predicted molar refractivity (Wildman–Crippen MR) is 290 cm³/mol. The maximum atomic E-state index is 2.49. The molecule has 0 radical (unpaired) electrons. The molecule has 0 saturated carbocycles. The number of rotatable bonds is 7. The Kier molecular flexibility index (Phi) is 9.11. The fraction of sp³-hybridized carbons (Fsp3) is 0.118. The van der Waals surface area contributed by atoms with Crippen LogP contribution in [0, 0.1) is 0 Å². The van der Waals surface area contributed by atoms with E-state index in [9.17, 15) is 0 Å². The van der Waals surface area contributed by atoms with E-state index in [-0.39, 0.29) is 16.2 Å². The summed E-state index contributed by atoms with van der Waals surface area (Å²) in [7, 11) is 0. The fourth-order valence-electron chi connectivity index (χ4n) is 12.8. The van der Waals surface area contributed by atoms with Gasteiger partial charge in [0, 0.05) is 33.2 Å². The van der Waals surface area contributed by atoms with Crippen molar-refractivity contribution >= 4 is 17.1 Å². The lowest BCUT2D eigenvalue weighted by atomic mass is 9.74. The van der Waals surface area contributed by atoms with Crippen molar-refractivity contribution in [1.82, 2.24) is 0 Å². The quantitative estimate of drug-likeness (QED) is 0.154. The van der Waals surface area contributed by atoms with Gasteiger partial charge in [-0.1, -0.05) is 222 Å². The largest absolute Gasteiger partial charge is 0.310 e. The Labute approximate surface area is 407 Å². The SMILES string of the molecule is CC1(C)c2ccccc2-c2c(-c3ccccc3N(c3ccc(-c4ccc5c(c4)-c4ccccc4C5(C)c4ccccc4)cc3)c3cccc(-c4cccc5c4C(C)(C)c4ccccc4-5)c3)cccc21. The molecule has 0 saturated heterocycles. The van der Waals surface area contributed by atoms with Gasteiger partial charge in [-0.15, -0.1) is 0 Å². The molecular formula is C68H53N. The first-order chi connectivity index (χ1) is 33.6. The Morgan fingerprint density at radius 1 is 0.290 bits per heavy atom. The van der Waals surface area contributed by atoms with E-state index in [0.717, 1.165) is 17.1 Å². The highest BCUT2D eigenvalue weighted by atomic mass is 15.1. The fourth-order valence-corrected chi connectivity index (χ4v) is 12.8. The molecule has 1 nitrogen and oxygen atoms in total. The van der Waals surface area contributed by atoms with E-state index in [2.05, 4.69) is 270 Å². The van der Waals surface area contributed by atoms with E-state index >= 15 is 0 Å². The van der Waals surface area contributed by atoms with Gasteiger partial charge < -0.3 is 4.90 Å². The maximum absolute atomic E-state index is 2.49. The van der Waals surface area contributed by atoms with Crippen LogP contribution in [0.15, 0.2) is 231 Å². The molecule has 1 heteroatoms. The first-order valence-electron chi connectivity index (χ1n) is 24.5. The molecule has 0 amide bonds. The summed E-state index contributed by atoms with van der Waals surface area (Å²) >= 11 is 0. The van der Waals surface area contributed by atoms with Crippen LogP contribution in [0.3, 0.4) is 0 Å². The van der Waals surface area contributed by atoms with Gasteiger partial charge in [-0.3, -0.25) is 0 Å². The van der Waals surface area contributed by atoms with Crippen molar-refractivity contribution in [3.05, 3.63) is 269 Å². The van der Waals surface area contributed by atoms with E-state index in [1.807, 2.05) is 0 Å². The van der Waals surface area contributed by atoms with Gasteiger partial charge in [0.05, 0.1) is 5.69 Å². The summed E-state index contributed by atoms with van der Waals surface area (Å²) in [6, 6.07) is 86.3. The minimum absolute atomic E-state index is 0.107. The molecule has 13 rings (SSSR count). The van der Waals surface area contributed by atoms with Crippen LogP contribution in [0.25, 0.3) is 66.8 Å². The van der Waals surface area contributed by atoms with Crippen molar-refractivity contribution in [3.63, 3.8) is 0 Å². The first kappa shape index (κ1) is 41.2. The second-order valence-electron chi connectivity index (χ2n) is 20.5. The molecule has 69 heavy (non-hydrogen) atoms. The molecule has 0 spiro atoms. The van der Waals surface area contributed by atoms with Gasteiger partial charge in [0.2, 0.25) is 0 Å². The van der Waals surface area contributed by atoms with Crippen LogP contribution in [0.1, 0.15) is 73.6 Å². The zero-order chi connectivity index (χ0) is 46.6. The van der Waals surface area contributed by atoms with Gasteiger partial charge >= 0.3 is 0 Å². The summed E-state index contributed by atoms with van der Waals surface area (Å²) in [5, 5.41) is 0. The summed E-state index contributed by atoms with van der Waals surface area (Å²) in [6.45, 7) is 11.9. The summed E-state index contributed by atoms with van der Waals surface area (Å²) in [4.78, 5) is 2.49. The Morgan fingerprint density at radius 3 is 1.59 bits per heavy atom. The molecule has 0 heterocycles. The van der Waals surface area contributed by atoms with Gasteiger partial charge in [-0.05, 0) is 143 Å². The topological polar surface area (TPSA) is 3.24 Å². The lowest BCUT2D eigenvalue weighted by molar-refractivity contribution is 0.660. The third kappa shape index (κ3) is 6.03. The average molecular weight is 884 g/mol. The molecular weight excluding hydrogens is 831 g/mol. The third-order valence-electron chi connectivity index (χ3n) is 16.2. The van der Waals surface area contributed by atoms with Crippen molar-refractivity contribution in [1.29, 1.82) is 0 Å². The first-order valence-corrected chi connectivity index (χ1v) is 24.5. The van der Waals surface area contributed by atoms with E-state index in [4.69, 9.17) is 0 Å². The Bertz CT molecular complexity index is 3680. The van der Waals surface area contributed by atoms with Crippen LogP contribution >= 0.6 is 0 Å². The van der Waals surface area contributed by atoms with Gasteiger partial charge in [-0.25, -0.2) is 0 Å². The smallest absolute Gasteiger partial charge is 0.0540 e. The van der Waals surface area contributed by atoms with Crippen LogP contribution in [0.4, 0.5) is 17.1 Å². The van der Waals surface area contributed by atoms with Crippen molar-refractivity contribution in [2.45, 2.75) is 50.9 Å². The molecule has 0 aromatic heterocycles. The summed E-state index contributed by atoms with van der Waals surface area (Å²) in [5.41, 5.74) is 27.7. The Balaban J connectivity index is 0.970. The molecule has 3 aliphatic carbocycles. The van der Waals surface area contributed by atoms with Crippen molar-refractivity contribution < 1.29 is 0 Å². The molecule has 1 unspecified atom stereocenters. The zero-order valence-corrected chi connectivity index (χ0v) is 39.9. The lowest BCUT2D eigenvalue weighted by Crippen LogP contribution is -2.22. The molecule has 0 N–H and O–H groups in total. The van der Waals surface area contributed by atoms with Crippen LogP contribution < -0.4 is 4.90 Å². The van der Waals surface area contributed by atoms with E-state index in [1.54, 1.807) is 0 Å². The van der Waals surface area contributed by atoms with Crippen LogP contribution in [0.5, 0.6) is 0 Å². The van der Waals surface area contributed by atoms with Crippen LogP contribution in [0.2, 0.25) is 0 Å². The number of benzene rings is 10. The summed E-state index contributed by atoms with van der Waals surface area (Å²) < 4.78 is 0. The van der Waals surface area contributed by atoms with Gasteiger partial charge in [-0.2, -0.15) is 0 Å². The minimum Gasteiger partial charge on any atom is -0.310 e. The second-order valence-corrected chi connectivity index (χ2v) is 20.5. The molecule has 0 aliphatic heterocycles. The highest BCUT2D eigenvalue weighted by Gasteiger charge is 2.41. The number of hydrogen-bond donors (Lipinski definition) is 0. The molecule has 3 aliphatic rings. The number of hydrogen-bond acceptors (Lipinski definition) is 1. The number of nitrogens with zero attached hydrogens (tertiary/aromatic N) is 1. The highest BCUT2D eigenvalue weighted by molar-refractivity contribution is 5.99.